The van der Waals surface area contributed by atoms with Crippen molar-refractivity contribution in [1.29, 1.82) is 0 Å². The lowest BCUT2D eigenvalue weighted by molar-refractivity contribution is 0.0701. The van der Waals surface area contributed by atoms with Gasteiger partial charge in [-0.25, -0.2) is 9.59 Å². The highest BCUT2D eigenvalue weighted by Crippen LogP contribution is 2.46. The van der Waals surface area contributed by atoms with E-state index in [0.29, 0.717) is 19.6 Å². The largest absolute Gasteiger partial charge is 0.513 e. The quantitative estimate of drug-likeness (QED) is 0.0681. The van der Waals surface area contributed by atoms with Crippen molar-refractivity contribution in [3.05, 3.63) is 45.3 Å². The number of allylic oxidation sites excluding steroid dienone is 2. The van der Waals surface area contributed by atoms with E-state index in [4.69, 9.17) is 18.5 Å². The maximum atomic E-state index is 12.2. The van der Waals surface area contributed by atoms with Crippen LogP contribution in [0.4, 0.5) is 4.79 Å². The molecule has 0 aliphatic carbocycles. The van der Waals surface area contributed by atoms with E-state index in [2.05, 4.69) is 11.9 Å². The summed E-state index contributed by atoms with van der Waals surface area (Å²) in [5.41, 5.74) is -0.939. The molecule has 0 fully saturated rings. The van der Waals surface area contributed by atoms with Crippen molar-refractivity contribution in [2.75, 3.05) is 26.5 Å². The Balaban J connectivity index is 2.23. The zero-order valence-electron chi connectivity index (χ0n) is 26.7. The number of hydrogen-bond donors (Lipinski definition) is 1. The van der Waals surface area contributed by atoms with Crippen LogP contribution in [0.5, 0.6) is 0 Å². The molecule has 242 valence electrons. The van der Waals surface area contributed by atoms with Crippen molar-refractivity contribution in [3.63, 3.8) is 0 Å². The third-order valence-electron chi connectivity index (χ3n) is 6.70. The molecule has 0 radical (unpaired) electrons. The average Bonchev–Trinajstić information content (AvgIpc) is 2.93. The van der Waals surface area contributed by atoms with Crippen LogP contribution >= 0.6 is 7.34 Å². The van der Waals surface area contributed by atoms with Gasteiger partial charge in [0.15, 0.2) is 7.34 Å². The summed E-state index contributed by atoms with van der Waals surface area (Å²) in [6, 6.07) is 1.28. The number of rotatable bonds is 25. The van der Waals surface area contributed by atoms with Gasteiger partial charge in [0.25, 0.3) is 5.56 Å². The minimum Gasteiger partial charge on any atom is -0.431 e. The highest BCUT2D eigenvalue weighted by Gasteiger charge is 2.19. The Bertz CT molecular complexity index is 1030. The van der Waals surface area contributed by atoms with Crippen molar-refractivity contribution in [1.82, 2.24) is 9.55 Å². The maximum absolute atomic E-state index is 12.2. The Morgan fingerprint density at radius 1 is 0.881 bits per heavy atom. The molecule has 0 saturated heterocycles. The van der Waals surface area contributed by atoms with Gasteiger partial charge in [-0.1, -0.05) is 103 Å². The number of carbonyl (C=O) groups excluding carboxylic acids is 1. The van der Waals surface area contributed by atoms with E-state index in [-0.39, 0.29) is 12.6 Å². The summed E-state index contributed by atoms with van der Waals surface area (Å²) in [5.74, 6) is 1.70. The third-order valence-corrected chi connectivity index (χ3v) is 8.62. The molecule has 9 nitrogen and oxygen atoms in total. The van der Waals surface area contributed by atoms with Crippen LogP contribution < -0.4 is 11.2 Å². The molecule has 0 aliphatic rings. The Morgan fingerprint density at radius 2 is 1.45 bits per heavy atom. The van der Waals surface area contributed by atoms with E-state index in [1.807, 2.05) is 0 Å². The van der Waals surface area contributed by atoms with Crippen molar-refractivity contribution < 1.29 is 23.3 Å². The first-order valence-electron chi connectivity index (χ1n) is 16.0. The monoisotopic (exact) mass is 612 g/mol. The van der Waals surface area contributed by atoms with Gasteiger partial charge in [-0.3, -0.25) is 14.3 Å². The van der Waals surface area contributed by atoms with Gasteiger partial charge in [0.1, 0.15) is 0 Å². The van der Waals surface area contributed by atoms with E-state index in [1.165, 1.54) is 100 Å². The topological polar surface area (TPSA) is 109 Å². The molecule has 42 heavy (non-hydrogen) atoms. The highest BCUT2D eigenvalue weighted by atomic mass is 31.2. The number of unbranched alkanes of at least 4 members (excludes halogenated alkanes) is 13. The standard InChI is InChI=1S/C32H57N2O7P/c1-5-6-7-8-9-10-11-12-13-14-15-16-17-19-25-38-26-21-27-39-42(4,41-32(37)40-29(2)3)28-20-18-23-34-24-22-30(35)33-31(34)36/h18,20,22,24,28-29H,5-17,19,21,23,25-27H2,1-4H3,(H,33,35,36)/b20-18+. The highest BCUT2D eigenvalue weighted by molar-refractivity contribution is 7.65. The molecule has 1 unspecified atom stereocenters. The van der Waals surface area contributed by atoms with Gasteiger partial charge in [-0.15, -0.1) is 0 Å². The van der Waals surface area contributed by atoms with E-state index < -0.39 is 24.7 Å². The minimum absolute atomic E-state index is 0.246. The lowest BCUT2D eigenvalue weighted by Crippen LogP contribution is -2.28. The van der Waals surface area contributed by atoms with Gasteiger partial charge < -0.3 is 18.5 Å². The van der Waals surface area contributed by atoms with Crippen molar-refractivity contribution >= 4 is 19.3 Å². The number of carbonyl (C=O) groups is 1. The third kappa shape index (κ3) is 20.7. The lowest BCUT2D eigenvalue weighted by atomic mass is 10.0. The molecule has 0 spiro atoms. The number of H-pyrrole nitrogens is 1. The summed E-state index contributed by atoms with van der Waals surface area (Å²) in [4.78, 5) is 37.4. The zero-order valence-corrected chi connectivity index (χ0v) is 27.5. The van der Waals surface area contributed by atoms with Gasteiger partial charge >= 0.3 is 11.8 Å². The number of aromatic amines is 1. The molecule has 0 aromatic carbocycles. The van der Waals surface area contributed by atoms with E-state index >= 15 is 0 Å². The second-order valence-electron chi connectivity index (χ2n) is 11.2. The normalized spacial score (nSPS) is 13.0. The molecule has 0 aliphatic heterocycles. The van der Waals surface area contributed by atoms with Gasteiger partial charge in [0.2, 0.25) is 0 Å². The summed E-state index contributed by atoms with van der Waals surface area (Å²) in [7, 11) is -2.70. The molecule has 1 N–H and O–H groups in total. The van der Waals surface area contributed by atoms with Crippen molar-refractivity contribution in [2.24, 2.45) is 0 Å². The minimum atomic E-state index is -2.70. The average molecular weight is 613 g/mol. The molecule has 1 atom stereocenters. The number of nitrogens with zero attached hydrogens (tertiary/aromatic N) is 1. The molecule has 0 saturated carbocycles. The Labute approximate surface area is 253 Å². The second kappa shape index (κ2) is 24.4. The first-order chi connectivity index (χ1) is 20.3. The van der Waals surface area contributed by atoms with Crippen molar-refractivity contribution in [3.8, 4) is 0 Å². The maximum Gasteiger partial charge on any atom is 0.513 e. The Kier molecular flexibility index (Phi) is 22.0. The fourth-order valence-electron chi connectivity index (χ4n) is 4.35. The Morgan fingerprint density at radius 3 is 2.02 bits per heavy atom. The van der Waals surface area contributed by atoms with Crippen LogP contribution in [0.3, 0.4) is 0 Å². The van der Waals surface area contributed by atoms with Crippen LogP contribution in [0.1, 0.15) is 117 Å². The van der Waals surface area contributed by atoms with Crippen LogP contribution in [0, 0.1) is 0 Å². The number of aromatic nitrogens is 2. The lowest BCUT2D eigenvalue weighted by Gasteiger charge is -2.21. The zero-order chi connectivity index (χ0) is 30.9. The van der Waals surface area contributed by atoms with Crippen LogP contribution in [0.2, 0.25) is 0 Å². The predicted molar refractivity (Wildman–Crippen MR) is 174 cm³/mol. The molecule has 1 aromatic heterocycles. The van der Waals surface area contributed by atoms with Gasteiger partial charge in [-0.2, -0.15) is 0 Å². The van der Waals surface area contributed by atoms with Gasteiger partial charge in [-0.05, 0) is 32.5 Å². The van der Waals surface area contributed by atoms with Crippen LogP contribution in [-0.4, -0.2) is 54.1 Å². The van der Waals surface area contributed by atoms with Crippen LogP contribution in [0.15, 0.2) is 34.0 Å². The number of nitrogens with one attached hydrogen (secondary N) is 1. The van der Waals surface area contributed by atoms with E-state index in [1.54, 1.807) is 38.5 Å². The second-order valence-corrected chi connectivity index (χ2v) is 13.7. The molecule has 1 aromatic rings. The summed E-state index contributed by atoms with van der Waals surface area (Å²) < 4.78 is 23.8. The van der Waals surface area contributed by atoms with Crippen LogP contribution in [-0.2, 0) is 25.1 Å². The smallest absolute Gasteiger partial charge is 0.431 e. The number of hydrogen-bond acceptors (Lipinski definition) is 7. The van der Waals surface area contributed by atoms with E-state index in [0.717, 1.165) is 13.0 Å². The van der Waals surface area contributed by atoms with Gasteiger partial charge in [0, 0.05) is 38.7 Å². The Hall–Kier alpha value is -2.09. The summed E-state index contributed by atoms with van der Waals surface area (Å²) in [5, 5.41) is 0. The predicted octanol–water partition coefficient (Wildman–Crippen LogP) is 7.84. The van der Waals surface area contributed by atoms with Gasteiger partial charge in [0.05, 0.1) is 12.7 Å². The fourth-order valence-corrected chi connectivity index (χ4v) is 5.81. The molecule has 0 bridgehead atoms. The number of ether oxygens (including phenoxy) is 2. The molecule has 1 rings (SSSR count). The van der Waals surface area contributed by atoms with Crippen molar-refractivity contribution in [2.45, 2.75) is 130 Å². The molecule has 1 heterocycles. The summed E-state index contributed by atoms with van der Waals surface area (Å²) >= 11 is 0. The molecule has 0 amide bonds. The first kappa shape index (κ1) is 37.9. The summed E-state index contributed by atoms with van der Waals surface area (Å²) in [6.45, 7) is 9.46. The fraction of sp³-hybridized carbons (Fsp3) is 0.750. The molecular weight excluding hydrogens is 555 g/mol. The summed E-state index contributed by atoms with van der Waals surface area (Å²) in [6.07, 6.45) is 23.1. The molecule has 10 heteroatoms. The molecular formula is C32H57N2O7P. The SMILES string of the molecule is CCCCCCCCCCCCCCCCOCCCOP(C)(=C/C=C/Cn1ccc(=O)[nH]c1=O)OC(=O)OC(C)C. The van der Waals surface area contributed by atoms with Crippen LogP contribution in [0.25, 0.3) is 0 Å². The van der Waals surface area contributed by atoms with E-state index in [9.17, 15) is 14.4 Å². The first-order valence-corrected chi connectivity index (χ1v) is 18.2.